The molecule has 2 unspecified atom stereocenters. The van der Waals surface area contributed by atoms with Gasteiger partial charge in [0.1, 0.15) is 22.6 Å². The van der Waals surface area contributed by atoms with Crippen molar-refractivity contribution < 1.29 is 4.42 Å². The molecule has 3 aromatic heterocycles. The van der Waals surface area contributed by atoms with Gasteiger partial charge in [-0.1, -0.05) is 0 Å². The van der Waals surface area contributed by atoms with Crippen LogP contribution >= 0.6 is 11.3 Å². The molecule has 0 saturated carbocycles. The van der Waals surface area contributed by atoms with E-state index in [-0.39, 0.29) is 12.1 Å². The third kappa shape index (κ3) is 2.91. The van der Waals surface area contributed by atoms with Crippen LogP contribution in [0.25, 0.3) is 0 Å². The quantitative estimate of drug-likeness (QED) is 0.786. The first-order chi connectivity index (χ1) is 10.1. The number of hydrogen-bond acceptors (Lipinski definition) is 5. The first-order valence-corrected chi connectivity index (χ1v) is 7.66. The Bertz CT molecular complexity index is 701. The highest BCUT2D eigenvalue weighted by molar-refractivity contribution is 7.11. The fraction of sp³-hybridized carbons (Fsp3) is 0.333. The molecule has 0 aliphatic carbocycles. The number of aromatic nitrogens is 3. The first kappa shape index (κ1) is 14.0. The number of rotatable bonds is 5. The lowest BCUT2D eigenvalue weighted by Crippen LogP contribution is -2.27. The van der Waals surface area contributed by atoms with Gasteiger partial charge in [-0.25, -0.2) is 9.97 Å². The minimum atomic E-state index is -0.0980. The second-order valence-electron chi connectivity index (χ2n) is 5.04. The monoisotopic (exact) mass is 302 g/mol. The molecule has 0 radical (unpaired) electrons. The van der Waals surface area contributed by atoms with E-state index < -0.39 is 0 Å². The molecule has 2 atom stereocenters. The summed E-state index contributed by atoms with van der Waals surface area (Å²) in [7, 11) is 1.98. The zero-order valence-corrected chi connectivity index (χ0v) is 13.1. The van der Waals surface area contributed by atoms with Crippen molar-refractivity contribution in [3.63, 3.8) is 0 Å². The fourth-order valence-electron chi connectivity index (χ4n) is 2.29. The van der Waals surface area contributed by atoms with E-state index in [0.29, 0.717) is 0 Å². The Kier molecular flexibility index (Phi) is 3.90. The highest BCUT2D eigenvalue weighted by atomic mass is 32.1. The summed E-state index contributed by atoms with van der Waals surface area (Å²) < 4.78 is 7.58. The molecular formula is C15H18N4OS. The van der Waals surface area contributed by atoms with E-state index in [2.05, 4.69) is 29.1 Å². The minimum absolute atomic E-state index is 0.0980. The molecule has 3 heterocycles. The van der Waals surface area contributed by atoms with Crippen molar-refractivity contribution in [2.45, 2.75) is 25.9 Å². The predicted octanol–water partition coefficient (Wildman–Crippen LogP) is 3.22. The number of imidazole rings is 1. The van der Waals surface area contributed by atoms with Crippen molar-refractivity contribution in [2.24, 2.45) is 7.05 Å². The van der Waals surface area contributed by atoms with Crippen molar-refractivity contribution in [3.05, 3.63) is 58.5 Å². The Hall–Kier alpha value is -1.92. The number of thiazole rings is 1. The summed E-state index contributed by atoms with van der Waals surface area (Å²) in [6, 6.07) is 3.88. The van der Waals surface area contributed by atoms with Crippen LogP contribution in [0.2, 0.25) is 0 Å². The zero-order valence-electron chi connectivity index (χ0n) is 12.3. The molecule has 0 aliphatic rings. The van der Waals surface area contributed by atoms with Gasteiger partial charge in [0, 0.05) is 30.5 Å². The van der Waals surface area contributed by atoms with Gasteiger partial charge in [-0.15, -0.1) is 11.3 Å². The lowest BCUT2D eigenvalue weighted by molar-refractivity contribution is 0.402. The SMILES string of the molecule is Cc1cnc(C(C)NC(c2ccco2)c2nccn2C)s1. The van der Waals surface area contributed by atoms with Crippen LogP contribution < -0.4 is 5.32 Å². The van der Waals surface area contributed by atoms with Crippen LogP contribution in [-0.2, 0) is 7.05 Å². The normalized spacial score (nSPS) is 14.2. The Labute approximate surface area is 127 Å². The first-order valence-electron chi connectivity index (χ1n) is 6.84. The van der Waals surface area contributed by atoms with Gasteiger partial charge in [-0.3, -0.25) is 5.32 Å². The molecule has 0 amide bonds. The van der Waals surface area contributed by atoms with Crippen LogP contribution in [0.4, 0.5) is 0 Å². The third-order valence-electron chi connectivity index (χ3n) is 3.37. The Balaban J connectivity index is 1.88. The van der Waals surface area contributed by atoms with Gasteiger partial charge >= 0.3 is 0 Å². The second-order valence-corrected chi connectivity index (χ2v) is 6.31. The van der Waals surface area contributed by atoms with Gasteiger partial charge in [-0.2, -0.15) is 0 Å². The molecule has 1 N–H and O–H groups in total. The van der Waals surface area contributed by atoms with Gasteiger partial charge in [-0.05, 0) is 26.0 Å². The van der Waals surface area contributed by atoms with Crippen molar-refractivity contribution in [1.82, 2.24) is 19.9 Å². The molecule has 0 aromatic carbocycles. The van der Waals surface area contributed by atoms with Crippen LogP contribution in [-0.4, -0.2) is 14.5 Å². The van der Waals surface area contributed by atoms with Gasteiger partial charge in [0.2, 0.25) is 0 Å². The Morgan fingerprint density at radius 2 is 2.24 bits per heavy atom. The van der Waals surface area contributed by atoms with Crippen molar-refractivity contribution in [1.29, 1.82) is 0 Å². The molecule has 0 fully saturated rings. The van der Waals surface area contributed by atoms with Crippen LogP contribution in [0.5, 0.6) is 0 Å². The van der Waals surface area contributed by atoms with Crippen LogP contribution in [0.15, 0.2) is 41.4 Å². The maximum Gasteiger partial charge on any atom is 0.133 e. The lowest BCUT2D eigenvalue weighted by Gasteiger charge is -2.20. The summed E-state index contributed by atoms with van der Waals surface area (Å²) in [6.07, 6.45) is 7.32. The highest BCUT2D eigenvalue weighted by Gasteiger charge is 2.24. The molecule has 3 rings (SSSR count). The van der Waals surface area contributed by atoms with E-state index in [1.54, 1.807) is 23.8 Å². The average Bonchev–Trinajstić information content (AvgIpc) is 3.17. The van der Waals surface area contributed by atoms with Crippen molar-refractivity contribution in [2.75, 3.05) is 0 Å². The van der Waals surface area contributed by atoms with Crippen LogP contribution in [0, 0.1) is 6.92 Å². The minimum Gasteiger partial charge on any atom is -0.467 e. The predicted molar refractivity (Wildman–Crippen MR) is 82.2 cm³/mol. The Morgan fingerprint density at radius 3 is 2.81 bits per heavy atom. The van der Waals surface area contributed by atoms with Crippen LogP contribution in [0.1, 0.15) is 40.5 Å². The van der Waals surface area contributed by atoms with E-state index in [0.717, 1.165) is 16.6 Å². The van der Waals surface area contributed by atoms with Crippen molar-refractivity contribution >= 4 is 11.3 Å². The van der Waals surface area contributed by atoms with E-state index in [1.165, 1.54) is 4.88 Å². The van der Waals surface area contributed by atoms with Gasteiger partial charge in [0.05, 0.1) is 12.3 Å². The third-order valence-corrected chi connectivity index (χ3v) is 4.47. The highest BCUT2D eigenvalue weighted by Crippen LogP contribution is 2.26. The smallest absolute Gasteiger partial charge is 0.133 e. The van der Waals surface area contributed by atoms with Gasteiger partial charge < -0.3 is 8.98 Å². The molecule has 0 bridgehead atoms. The summed E-state index contributed by atoms with van der Waals surface area (Å²) in [4.78, 5) is 10.1. The largest absolute Gasteiger partial charge is 0.467 e. The fourth-order valence-corrected chi connectivity index (χ4v) is 3.07. The van der Waals surface area contributed by atoms with E-state index in [4.69, 9.17) is 4.42 Å². The van der Waals surface area contributed by atoms with Crippen molar-refractivity contribution in [3.8, 4) is 0 Å². The van der Waals surface area contributed by atoms with Gasteiger partial charge in [0.25, 0.3) is 0 Å². The maximum atomic E-state index is 5.58. The van der Waals surface area contributed by atoms with E-state index >= 15 is 0 Å². The number of nitrogens with one attached hydrogen (secondary N) is 1. The summed E-state index contributed by atoms with van der Waals surface area (Å²) in [5, 5.41) is 4.63. The number of furan rings is 1. The average molecular weight is 302 g/mol. The summed E-state index contributed by atoms with van der Waals surface area (Å²) in [5.74, 6) is 1.77. The molecule has 0 aliphatic heterocycles. The van der Waals surface area contributed by atoms with Crippen LogP contribution in [0.3, 0.4) is 0 Å². The molecule has 6 heteroatoms. The molecule has 110 valence electrons. The molecular weight excluding hydrogens is 284 g/mol. The maximum absolute atomic E-state index is 5.58. The van der Waals surface area contributed by atoms with E-state index in [9.17, 15) is 0 Å². The molecule has 21 heavy (non-hydrogen) atoms. The number of aryl methyl sites for hydroxylation is 2. The lowest BCUT2D eigenvalue weighted by atomic mass is 10.2. The molecule has 0 saturated heterocycles. The Morgan fingerprint density at radius 1 is 1.38 bits per heavy atom. The topological polar surface area (TPSA) is 55.9 Å². The number of nitrogens with zero attached hydrogens (tertiary/aromatic N) is 3. The second kappa shape index (κ2) is 5.83. The molecule has 0 spiro atoms. The summed E-state index contributed by atoms with van der Waals surface area (Å²) in [6.45, 7) is 4.17. The summed E-state index contributed by atoms with van der Waals surface area (Å²) >= 11 is 1.71. The number of hydrogen-bond donors (Lipinski definition) is 1. The molecule has 3 aromatic rings. The standard InChI is InChI=1S/C15H18N4OS/c1-10-9-17-15(21-10)11(2)18-13(12-5-4-8-20-12)14-16-6-7-19(14)3/h4-9,11,13,18H,1-3H3. The van der Waals surface area contributed by atoms with E-state index in [1.807, 2.05) is 36.1 Å². The molecule has 5 nitrogen and oxygen atoms in total. The van der Waals surface area contributed by atoms with Gasteiger partial charge in [0.15, 0.2) is 0 Å². The summed E-state index contributed by atoms with van der Waals surface area (Å²) in [5.41, 5.74) is 0. The zero-order chi connectivity index (χ0) is 14.8.